The summed E-state index contributed by atoms with van der Waals surface area (Å²) in [5.41, 5.74) is 1.26. The van der Waals surface area contributed by atoms with Crippen molar-refractivity contribution in [3.05, 3.63) is 42.0 Å². The van der Waals surface area contributed by atoms with Crippen LogP contribution in [0.1, 0.15) is 12.5 Å². The molecule has 0 aliphatic rings. The zero-order valence-electron chi connectivity index (χ0n) is 7.82. The summed E-state index contributed by atoms with van der Waals surface area (Å²) in [6.45, 7) is 1.78. The van der Waals surface area contributed by atoms with Gasteiger partial charge in [-0.25, -0.2) is 0 Å². The monoisotopic (exact) mass is 186 g/mol. The number of rotatable bonds is 2. The number of hydrogen-bond acceptors (Lipinski definition) is 2. The molecule has 0 spiro atoms. The van der Waals surface area contributed by atoms with Crippen LogP contribution >= 0.6 is 0 Å². The van der Waals surface area contributed by atoms with Gasteiger partial charge >= 0.3 is 0 Å². The second kappa shape index (κ2) is 4.83. The van der Waals surface area contributed by atoms with Gasteiger partial charge in [0.25, 0.3) is 0 Å². The summed E-state index contributed by atoms with van der Waals surface area (Å²) >= 11 is 0. The molecule has 0 radical (unpaired) electrons. The molecule has 1 amide bonds. The molecule has 1 aromatic rings. The summed E-state index contributed by atoms with van der Waals surface area (Å²) in [4.78, 5) is 11.1. The lowest BCUT2D eigenvalue weighted by atomic mass is 10.2. The fraction of sp³-hybridized carbons (Fsp3) is 0.0909. The van der Waals surface area contributed by atoms with E-state index < -0.39 is 0 Å². The fourth-order valence-corrected chi connectivity index (χ4v) is 0.963. The van der Waals surface area contributed by atoms with Crippen molar-refractivity contribution in [2.75, 3.05) is 5.32 Å². The van der Waals surface area contributed by atoms with Crippen molar-refractivity contribution in [3.8, 4) is 6.07 Å². The van der Waals surface area contributed by atoms with Crippen LogP contribution in [-0.2, 0) is 4.79 Å². The molecule has 0 saturated carbocycles. The number of carbonyl (C=O) groups excluding carboxylic acids is 1. The maximum absolute atomic E-state index is 11.1. The molecule has 0 aliphatic carbocycles. The fourth-order valence-electron chi connectivity index (χ4n) is 0.963. The van der Waals surface area contributed by atoms with E-state index in [1.54, 1.807) is 37.3 Å². The maximum atomic E-state index is 11.1. The van der Waals surface area contributed by atoms with Gasteiger partial charge < -0.3 is 5.32 Å². The van der Waals surface area contributed by atoms with Crippen molar-refractivity contribution in [1.82, 2.24) is 0 Å². The quantitative estimate of drug-likeness (QED) is 0.719. The van der Waals surface area contributed by atoms with Gasteiger partial charge in [-0.05, 0) is 37.3 Å². The predicted octanol–water partition coefficient (Wildman–Crippen LogP) is 2.07. The van der Waals surface area contributed by atoms with Crippen LogP contribution in [0.3, 0.4) is 0 Å². The molecule has 0 bridgehead atoms. The average molecular weight is 186 g/mol. The van der Waals surface area contributed by atoms with E-state index >= 15 is 0 Å². The molecule has 0 unspecified atom stereocenters. The molecule has 1 aromatic carbocycles. The van der Waals surface area contributed by atoms with Gasteiger partial charge in [-0.15, -0.1) is 0 Å². The zero-order valence-corrected chi connectivity index (χ0v) is 7.82. The molecule has 0 aromatic heterocycles. The van der Waals surface area contributed by atoms with Crippen LogP contribution in [-0.4, -0.2) is 5.91 Å². The van der Waals surface area contributed by atoms with Crippen molar-refractivity contribution >= 4 is 11.6 Å². The van der Waals surface area contributed by atoms with E-state index in [0.717, 1.165) is 0 Å². The first kappa shape index (κ1) is 10.0. The molecule has 0 saturated heterocycles. The Kier molecular flexibility index (Phi) is 3.45. The van der Waals surface area contributed by atoms with Gasteiger partial charge in [0.2, 0.25) is 5.91 Å². The van der Waals surface area contributed by atoms with Gasteiger partial charge in [-0.1, -0.05) is 6.08 Å². The Morgan fingerprint density at radius 1 is 1.43 bits per heavy atom. The molecule has 0 atom stereocenters. The molecule has 0 heterocycles. The Bertz CT molecular complexity index is 385. The van der Waals surface area contributed by atoms with Crippen LogP contribution in [0.15, 0.2) is 36.4 Å². The lowest BCUT2D eigenvalue weighted by Gasteiger charge is -2.00. The predicted molar refractivity (Wildman–Crippen MR) is 54.6 cm³/mol. The van der Waals surface area contributed by atoms with Crippen LogP contribution in [0.2, 0.25) is 0 Å². The lowest BCUT2D eigenvalue weighted by Crippen LogP contribution is -2.07. The number of nitriles is 1. The minimum absolute atomic E-state index is 0.169. The Morgan fingerprint density at radius 2 is 2.07 bits per heavy atom. The van der Waals surface area contributed by atoms with Crippen LogP contribution in [0.5, 0.6) is 0 Å². The van der Waals surface area contributed by atoms with Crippen molar-refractivity contribution < 1.29 is 4.79 Å². The van der Waals surface area contributed by atoms with Crippen molar-refractivity contribution in [3.63, 3.8) is 0 Å². The molecular weight excluding hydrogens is 176 g/mol. The van der Waals surface area contributed by atoms with Gasteiger partial charge in [0.05, 0.1) is 11.6 Å². The smallest absolute Gasteiger partial charge is 0.248 e. The first-order valence-electron chi connectivity index (χ1n) is 4.20. The standard InChI is InChI=1S/C11H10N2O/c1-2-3-11(14)13-10-6-4-9(8-12)5-7-10/h2-7H,1H3,(H,13,14)/b3-2+. The number of nitrogens with one attached hydrogen (secondary N) is 1. The second-order valence-corrected chi connectivity index (χ2v) is 2.68. The van der Waals surface area contributed by atoms with Crippen molar-refractivity contribution in [1.29, 1.82) is 5.26 Å². The number of benzene rings is 1. The molecule has 1 rings (SSSR count). The van der Waals surface area contributed by atoms with E-state index in [4.69, 9.17) is 5.26 Å². The Labute approximate surface area is 82.7 Å². The third-order valence-electron chi connectivity index (χ3n) is 1.60. The van der Waals surface area contributed by atoms with Crippen LogP contribution < -0.4 is 5.32 Å². The molecule has 14 heavy (non-hydrogen) atoms. The SMILES string of the molecule is C/C=C/C(=O)Nc1ccc(C#N)cc1. The number of anilines is 1. The number of allylic oxidation sites excluding steroid dienone is 1. The molecule has 3 heteroatoms. The Morgan fingerprint density at radius 3 is 2.57 bits per heavy atom. The van der Waals surface area contributed by atoms with Gasteiger partial charge in [0.15, 0.2) is 0 Å². The number of hydrogen-bond donors (Lipinski definition) is 1. The van der Waals surface area contributed by atoms with Gasteiger partial charge in [-0.3, -0.25) is 4.79 Å². The molecule has 70 valence electrons. The van der Waals surface area contributed by atoms with Gasteiger partial charge in [0.1, 0.15) is 0 Å². The third kappa shape index (κ3) is 2.76. The highest BCUT2D eigenvalue weighted by atomic mass is 16.1. The maximum Gasteiger partial charge on any atom is 0.248 e. The van der Waals surface area contributed by atoms with E-state index in [9.17, 15) is 4.79 Å². The van der Waals surface area contributed by atoms with Gasteiger partial charge in [0, 0.05) is 5.69 Å². The number of nitrogens with zero attached hydrogens (tertiary/aromatic N) is 1. The number of amides is 1. The first-order valence-corrected chi connectivity index (χ1v) is 4.20. The second-order valence-electron chi connectivity index (χ2n) is 2.68. The summed E-state index contributed by atoms with van der Waals surface area (Å²) < 4.78 is 0. The van der Waals surface area contributed by atoms with Crippen LogP contribution in [0, 0.1) is 11.3 Å². The highest BCUT2D eigenvalue weighted by molar-refractivity contribution is 5.99. The Balaban J connectivity index is 2.70. The van der Waals surface area contributed by atoms with E-state index in [-0.39, 0.29) is 5.91 Å². The molecule has 0 aliphatic heterocycles. The zero-order chi connectivity index (χ0) is 10.4. The first-order chi connectivity index (χ1) is 6.76. The van der Waals surface area contributed by atoms with Crippen LogP contribution in [0.4, 0.5) is 5.69 Å². The average Bonchev–Trinajstić information content (AvgIpc) is 2.19. The minimum Gasteiger partial charge on any atom is -0.323 e. The molecule has 1 N–H and O–H groups in total. The molecule has 3 nitrogen and oxygen atoms in total. The van der Waals surface area contributed by atoms with Gasteiger partial charge in [-0.2, -0.15) is 5.26 Å². The molecule has 0 fully saturated rings. The topological polar surface area (TPSA) is 52.9 Å². The highest BCUT2D eigenvalue weighted by Crippen LogP contribution is 2.08. The largest absolute Gasteiger partial charge is 0.323 e. The van der Waals surface area contributed by atoms with Crippen LogP contribution in [0.25, 0.3) is 0 Å². The van der Waals surface area contributed by atoms with E-state index in [0.29, 0.717) is 11.3 Å². The normalized spacial score (nSPS) is 9.71. The summed E-state index contributed by atoms with van der Waals surface area (Å²) in [5, 5.41) is 11.2. The van der Waals surface area contributed by atoms with Crippen molar-refractivity contribution in [2.24, 2.45) is 0 Å². The lowest BCUT2D eigenvalue weighted by molar-refractivity contribution is -0.111. The number of carbonyl (C=O) groups is 1. The summed E-state index contributed by atoms with van der Waals surface area (Å²) in [7, 11) is 0. The summed E-state index contributed by atoms with van der Waals surface area (Å²) in [6, 6.07) is 8.71. The molecular formula is C11H10N2O. The minimum atomic E-state index is -0.169. The third-order valence-corrected chi connectivity index (χ3v) is 1.60. The van der Waals surface area contributed by atoms with Crippen molar-refractivity contribution in [2.45, 2.75) is 6.92 Å². The van der Waals surface area contributed by atoms with E-state index in [1.807, 2.05) is 6.07 Å². The highest BCUT2D eigenvalue weighted by Gasteiger charge is 1.96. The van der Waals surface area contributed by atoms with E-state index in [2.05, 4.69) is 5.32 Å². The summed E-state index contributed by atoms with van der Waals surface area (Å²) in [5.74, 6) is -0.169. The Hall–Kier alpha value is -2.08. The summed E-state index contributed by atoms with van der Waals surface area (Å²) in [6.07, 6.45) is 3.11. The van der Waals surface area contributed by atoms with E-state index in [1.165, 1.54) is 6.08 Å².